The molecule has 0 aromatic heterocycles. The highest BCUT2D eigenvalue weighted by molar-refractivity contribution is 8.23. The quantitative estimate of drug-likeness (QED) is 0.664. The fourth-order valence-corrected chi connectivity index (χ4v) is 4.81. The zero-order valence-corrected chi connectivity index (χ0v) is 15.0. The molecule has 0 spiro atoms. The molecular weight excluding hydrogens is 341 g/mol. The van der Waals surface area contributed by atoms with Gasteiger partial charge in [-0.3, -0.25) is 9.11 Å². The Morgan fingerprint density at radius 2 is 1.72 bits per heavy atom. The average Bonchev–Trinajstić information content (AvgIpc) is 2.60. The van der Waals surface area contributed by atoms with Crippen LogP contribution in [0.25, 0.3) is 0 Å². The van der Waals surface area contributed by atoms with Crippen molar-refractivity contribution in [2.45, 2.75) is 19.4 Å². The summed E-state index contributed by atoms with van der Waals surface area (Å²) >= 11 is 0. The monoisotopic (exact) mass is 365 g/mol. The number of nitrogens with one attached hydrogen (secondary N) is 1. The minimum atomic E-state index is -3.33. The molecule has 0 bridgehead atoms. The molecule has 136 valence electrons. The molecule has 2 aromatic rings. The van der Waals surface area contributed by atoms with Crippen LogP contribution in [0.3, 0.4) is 0 Å². The Balaban J connectivity index is 1.98. The predicted octanol–water partition coefficient (Wildman–Crippen LogP) is 4.36. The van der Waals surface area contributed by atoms with Crippen LogP contribution >= 0.6 is 11.0 Å². The molecule has 0 atom stereocenters. The number of halogens is 1. The number of benzene rings is 2. The van der Waals surface area contributed by atoms with Crippen molar-refractivity contribution in [1.82, 2.24) is 9.62 Å². The van der Waals surface area contributed by atoms with Crippen LogP contribution < -0.4 is 9.62 Å². The Bertz CT molecular complexity index is 729. The number of unbranched alkanes of at least 4 members (excludes halogenated alkanes) is 1. The fourth-order valence-electron chi connectivity index (χ4n) is 3.04. The highest BCUT2D eigenvalue weighted by atomic mass is 32.3. The van der Waals surface area contributed by atoms with Crippen LogP contribution in [0.5, 0.6) is 0 Å². The molecule has 7 heteroatoms. The van der Waals surface area contributed by atoms with Gasteiger partial charge < -0.3 is 5.32 Å². The Morgan fingerprint density at radius 3 is 2.44 bits per heavy atom. The number of rotatable bonds is 6. The van der Waals surface area contributed by atoms with Crippen LogP contribution in [0.15, 0.2) is 48.5 Å². The van der Waals surface area contributed by atoms with E-state index in [1.807, 2.05) is 25.2 Å². The lowest BCUT2D eigenvalue weighted by Gasteiger charge is -2.53. The molecule has 0 unspecified atom stereocenters. The number of hydrogen-bond donors (Lipinski definition) is 3. The average molecular weight is 365 g/mol. The highest BCUT2D eigenvalue weighted by Gasteiger charge is 2.38. The lowest BCUT2D eigenvalue weighted by atomic mass is 10.1. The van der Waals surface area contributed by atoms with E-state index in [0.717, 1.165) is 24.9 Å². The van der Waals surface area contributed by atoms with E-state index in [9.17, 15) is 13.5 Å². The van der Waals surface area contributed by atoms with Crippen LogP contribution in [0, 0.1) is 5.82 Å². The minimum Gasteiger partial charge on any atom is -0.320 e. The van der Waals surface area contributed by atoms with Gasteiger partial charge in [-0.05, 0) is 61.2 Å². The van der Waals surface area contributed by atoms with E-state index >= 15 is 0 Å². The van der Waals surface area contributed by atoms with Crippen LogP contribution in [0.2, 0.25) is 0 Å². The molecule has 5 nitrogen and oxygen atoms in total. The number of para-hydroxylation sites is 2. The first kappa shape index (κ1) is 18.2. The summed E-state index contributed by atoms with van der Waals surface area (Å²) in [5, 5.41) is 3.09. The molecule has 0 saturated heterocycles. The fraction of sp³-hybridized carbons (Fsp3) is 0.333. The van der Waals surface area contributed by atoms with Gasteiger partial charge in [0.2, 0.25) is 0 Å². The summed E-state index contributed by atoms with van der Waals surface area (Å²) in [6, 6.07) is 13.7. The molecule has 0 aliphatic carbocycles. The Kier molecular flexibility index (Phi) is 5.61. The molecule has 0 amide bonds. The second-order valence-corrected chi connectivity index (χ2v) is 7.90. The van der Waals surface area contributed by atoms with Crippen LogP contribution in [-0.4, -0.2) is 33.5 Å². The Hall–Kier alpha value is -1.64. The van der Waals surface area contributed by atoms with Crippen LogP contribution in [-0.2, 0) is 6.54 Å². The van der Waals surface area contributed by atoms with E-state index in [2.05, 4.69) is 5.32 Å². The van der Waals surface area contributed by atoms with Crippen molar-refractivity contribution in [3.63, 3.8) is 0 Å². The summed E-state index contributed by atoms with van der Waals surface area (Å²) in [5.41, 5.74) is 1.76. The first-order valence-electron chi connectivity index (χ1n) is 8.36. The van der Waals surface area contributed by atoms with Gasteiger partial charge in [0, 0.05) is 13.1 Å². The molecule has 0 radical (unpaired) electrons. The molecule has 25 heavy (non-hydrogen) atoms. The lowest BCUT2D eigenvalue weighted by Crippen LogP contribution is -2.42. The Morgan fingerprint density at radius 1 is 1.04 bits per heavy atom. The third-order valence-electron chi connectivity index (χ3n) is 4.30. The van der Waals surface area contributed by atoms with Crippen molar-refractivity contribution in [3.8, 4) is 0 Å². The summed E-state index contributed by atoms with van der Waals surface area (Å²) in [5.74, 6) is -0.477. The number of nitrogens with zero attached hydrogens (tertiary/aromatic N) is 2. The maximum atomic E-state index is 14.4. The standard InChI is InChI=1S/C18H24FN3O2S/c1-20-12-6-7-13-21-14-15-8-2-4-10-17(15)22(25(21,23)24)18-11-5-3-9-16(18)19/h2-5,8-11,20,23-24H,6-7,12-14H2,1H3. The second-order valence-electron chi connectivity index (χ2n) is 6.04. The van der Waals surface area contributed by atoms with Gasteiger partial charge in [0.05, 0.1) is 11.4 Å². The van der Waals surface area contributed by atoms with Crippen LogP contribution in [0.4, 0.5) is 15.8 Å². The van der Waals surface area contributed by atoms with Crippen molar-refractivity contribution in [2.24, 2.45) is 0 Å². The zero-order valence-electron chi connectivity index (χ0n) is 14.2. The topological polar surface area (TPSA) is 59.0 Å². The largest absolute Gasteiger partial charge is 0.320 e. The van der Waals surface area contributed by atoms with E-state index in [4.69, 9.17) is 0 Å². The van der Waals surface area contributed by atoms with Crippen molar-refractivity contribution >= 4 is 22.3 Å². The van der Waals surface area contributed by atoms with Crippen molar-refractivity contribution in [1.29, 1.82) is 0 Å². The van der Waals surface area contributed by atoms with Gasteiger partial charge >= 0.3 is 0 Å². The van der Waals surface area contributed by atoms with Crippen molar-refractivity contribution in [3.05, 3.63) is 59.9 Å². The molecule has 1 aliphatic rings. The van der Waals surface area contributed by atoms with E-state index in [-0.39, 0.29) is 5.69 Å². The van der Waals surface area contributed by atoms with Gasteiger partial charge in [-0.15, -0.1) is 0 Å². The highest BCUT2D eigenvalue weighted by Crippen LogP contribution is 2.58. The second kappa shape index (κ2) is 7.72. The molecule has 2 aromatic carbocycles. The molecule has 0 fully saturated rings. The summed E-state index contributed by atoms with van der Waals surface area (Å²) in [4.78, 5) is 0. The molecule has 3 rings (SSSR count). The van der Waals surface area contributed by atoms with Gasteiger partial charge in [-0.1, -0.05) is 30.3 Å². The molecule has 1 heterocycles. The van der Waals surface area contributed by atoms with Crippen LogP contribution in [0.1, 0.15) is 18.4 Å². The lowest BCUT2D eigenvalue weighted by molar-refractivity contribution is 0.329. The number of anilines is 2. The van der Waals surface area contributed by atoms with E-state index in [1.165, 1.54) is 10.4 Å². The third-order valence-corrected chi connectivity index (χ3v) is 6.19. The molecule has 1 aliphatic heterocycles. The first-order chi connectivity index (χ1) is 12.1. The van der Waals surface area contributed by atoms with Gasteiger partial charge in [-0.2, -0.15) is 4.31 Å². The minimum absolute atomic E-state index is 0.176. The normalized spacial score (nSPS) is 18.0. The summed E-state index contributed by atoms with van der Waals surface area (Å²) in [6.07, 6.45) is 1.76. The summed E-state index contributed by atoms with van der Waals surface area (Å²) in [6.45, 7) is 1.84. The maximum Gasteiger partial charge on any atom is 0.148 e. The van der Waals surface area contributed by atoms with E-state index in [0.29, 0.717) is 18.8 Å². The summed E-state index contributed by atoms with van der Waals surface area (Å²) in [7, 11) is -1.44. The number of fused-ring (bicyclic) bond motifs is 1. The van der Waals surface area contributed by atoms with Crippen molar-refractivity contribution < 1.29 is 13.5 Å². The van der Waals surface area contributed by atoms with Gasteiger partial charge in [0.25, 0.3) is 0 Å². The molecular formula is C18H24FN3O2S. The predicted molar refractivity (Wildman–Crippen MR) is 101 cm³/mol. The number of hydrogen-bond acceptors (Lipinski definition) is 5. The van der Waals surface area contributed by atoms with E-state index < -0.39 is 16.8 Å². The van der Waals surface area contributed by atoms with E-state index in [1.54, 1.807) is 28.6 Å². The zero-order chi connectivity index (χ0) is 17.9. The smallest absolute Gasteiger partial charge is 0.148 e. The summed E-state index contributed by atoms with van der Waals surface area (Å²) < 4.78 is 39.4. The first-order valence-corrected chi connectivity index (χ1v) is 9.82. The maximum absolute atomic E-state index is 14.4. The van der Waals surface area contributed by atoms with Gasteiger partial charge in [-0.25, -0.2) is 8.70 Å². The van der Waals surface area contributed by atoms with Gasteiger partial charge in [0.1, 0.15) is 5.82 Å². The molecule has 0 saturated carbocycles. The van der Waals surface area contributed by atoms with Gasteiger partial charge in [0.15, 0.2) is 0 Å². The Labute approximate surface area is 149 Å². The molecule has 3 N–H and O–H groups in total. The third kappa shape index (κ3) is 3.65. The van der Waals surface area contributed by atoms with Crippen molar-refractivity contribution in [2.75, 3.05) is 24.4 Å². The SMILES string of the molecule is CNCCCCN1Cc2ccccc2N(c2ccccc2F)S1(O)O.